The van der Waals surface area contributed by atoms with Crippen LogP contribution >= 0.6 is 0 Å². The minimum atomic E-state index is -6.64. The second kappa shape index (κ2) is 7.51. The summed E-state index contributed by atoms with van der Waals surface area (Å²) < 4.78 is 107. The van der Waals surface area contributed by atoms with Crippen molar-refractivity contribution in [3.8, 4) is 5.75 Å². The molecule has 0 bridgehead atoms. The number of alkyl halides is 5. The lowest BCUT2D eigenvalue weighted by molar-refractivity contribution is -0.139. The molecule has 0 atom stereocenters. The Balaban J connectivity index is 2.19. The summed E-state index contributed by atoms with van der Waals surface area (Å²) in [6, 6.07) is 4.98. The van der Waals surface area contributed by atoms with E-state index in [9.17, 15) is 38.8 Å². The third-order valence-corrected chi connectivity index (χ3v) is 7.41. The van der Waals surface area contributed by atoms with Crippen LogP contribution in [0.2, 0.25) is 0 Å². The van der Waals surface area contributed by atoms with E-state index in [0.29, 0.717) is 0 Å². The lowest BCUT2D eigenvalue weighted by Gasteiger charge is -2.22. The SMILES string of the molecule is O=S(=O)(NC(F)(F)F)C(F)(F)S(=O)(=O)Oc1ccc(C2CCCCC2)cc1. The fraction of sp³-hybridized carbons (Fsp3) is 0.571. The van der Waals surface area contributed by atoms with Gasteiger partial charge in [0, 0.05) is 0 Å². The van der Waals surface area contributed by atoms with E-state index in [2.05, 4.69) is 4.18 Å². The van der Waals surface area contributed by atoms with Gasteiger partial charge in [0.25, 0.3) is 0 Å². The zero-order chi connectivity index (χ0) is 20.5. The molecule has 1 aliphatic carbocycles. The Morgan fingerprint density at radius 2 is 1.41 bits per heavy atom. The number of nitrogens with one attached hydrogen (secondary N) is 1. The van der Waals surface area contributed by atoms with Gasteiger partial charge in [-0.05, 0) is 36.5 Å². The van der Waals surface area contributed by atoms with Gasteiger partial charge in [0.2, 0.25) is 0 Å². The zero-order valence-electron chi connectivity index (χ0n) is 13.7. The highest BCUT2D eigenvalue weighted by molar-refractivity contribution is 8.07. The normalized spacial score (nSPS) is 17.7. The van der Waals surface area contributed by atoms with Gasteiger partial charge in [-0.15, -0.1) is 4.72 Å². The lowest BCUT2D eigenvalue weighted by Crippen LogP contribution is -2.51. The van der Waals surface area contributed by atoms with E-state index in [4.69, 9.17) is 0 Å². The molecule has 0 saturated heterocycles. The predicted molar refractivity (Wildman–Crippen MR) is 84.9 cm³/mol. The highest BCUT2D eigenvalue weighted by atomic mass is 32.3. The summed E-state index contributed by atoms with van der Waals surface area (Å²) in [6.07, 6.45) is -0.804. The van der Waals surface area contributed by atoms with Crippen LogP contribution in [0.3, 0.4) is 0 Å². The molecule has 6 nitrogen and oxygen atoms in total. The summed E-state index contributed by atoms with van der Waals surface area (Å²) in [6.45, 7) is 0. The van der Waals surface area contributed by atoms with Gasteiger partial charge in [-0.2, -0.15) is 30.4 Å². The summed E-state index contributed by atoms with van der Waals surface area (Å²) >= 11 is 0. The highest BCUT2D eigenvalue weighted by Crippen LogP contribution is 2.35. The molecule has 0 spiro atoms. The van der Waals surface area contributed by atoms with Crippen LogP contribution in [-0.2, 0) is 20.1 Å². The van der Waals surface area contributed by atoms with Crippen molar-refractivity contribution >= 4 is 20.1 Å². The average molecular weight is 437 g/mol. The van der Waals surface area contributed by atoms with Crippen LogP contribution in [0.25, 0.3) is 0 Å². The molecule has 2 rings (SSSR count). The zero-order valence-corrected chi connectivity index (χ0v) is 15.3. The summed E-state index contributed by atoms with van der Waals surface area (Å²) in [4.78, 5) is 0. The minimum Gasteiger partial charge on any atom is -0.377 e. The van der Waals surface area contributed by atoms with E-state index >= 15 is 0 Å². The maximum atomic E-state index is 13.7. The van der Waals surface area contributed by atoms with Crippen molar-refractivity contribution in [1.82, 2.24) is 4.72 Å². The van der Waals surface area contributed by atoms with Crippen LogP contribution in [0.4, 0.5) is 22.0 Å². The molecule has 154 valence electrons. The fourth-order valence-electron chi connectivity index (χ4n) is 2.75. The van der Waals surface area contributed by atoms with Crippen molar-refractivity contribution in [2.75, 3.05) is 0 Å². The predicted octanol–water partition coefficient (Wildman–Crippen LogP) is 3.43. The number of benzene rings is 1. The number of hydrogen-bond acceptors (Lipinski definition) is 5. The second-order valence-corrected chi connectivity index (χ2v) is 9.58. The first-order valence-electron chi connectivity index (χ1n) is 7.77. The second-order valence-electron chi connectivity index (χ2n) is 6.01. The fourth-order valence-corrected chi connectivity index (χ4v) is 4.94. The minimum absolute atomic E-state index is 0.224. The number of halogens is 5. The third kappa shape index (κ3) is 5.08. The molecule has 1 aliphatic rings. The van der Waals surface area contributed by atoms with E-state index in [1.54, 1.807) is 0 Å². The van der Waals surface area contributed by atoms with Crippen LogP contribution in [0.15, 0.2) is 24.3 Å². The first-order chi connectivity index (χ1) is 12.3. The third-order valence-electron chi connectivity index (χ3n) is 4.02. The molecule has 0 amide bonds. The van der Waals surface area contributed by atoms with Crippen LogP contribution in [0.5, 0.6) is 5.75 Å². The number of sulfonamides is 1. The van der Waals surface area contributed by atoms with Gasteiger partial charge in [0.15, 0.2) is 0 Å². The molecule has 0 heterocycles. The van der Waals surface area contributed by atoms with Crippen LogP contribution in [0.1, 0.15) is 43.6 Å². The van der Waals surface area contributed by atoms with E-state index in [1.807, 2.05) is 0 Å². The summed E-state index contributed by atoms with van der Waals surface area (Å²) in [5.74, 6) is -0.418. The molecule has 1 N–H and O–H groups in total. The maximum absolute atomic E-state index is 13.7. The quantitative estimate of drug-likeness (QED) is 0.418. The Morgan fingerprint density at radius 3 is 1.89 bits per heavy atom. The smallest absolute Gasteiger partial charge is 0.377 e. The molecule has 1 saturated carbocycles. The molecule has 0 radical (unpaired) electrons. The van der Waals surface area contributed by atoms with Gasteiger partial charge in [0.05, 0.1) is 0 Å². The molecular formula is C14H16F5NO5S2. The number of rotatable bonds is 6. The van der Waals surface area contributed by atoms with Gasteiger partial charge < -0.3 is 4.18 Å². The van der Waals surface area contributed by atoms with Crippen molar-refractivity contribution in [2.24, 2.45) is 0 Å². The van der Waals surface area contributed by atoms with Crippen molar-refractivity contribution in [1.29, 1.82) is 0 Å². The maximum Gasteiger partial charge on any atom is 0.495 e. The number of hydrogen-bond donors (Lipinski definition) is 1. The van der Waals surface area contributed by atoms with Gasteiger partial charge in [-0.25, -0.2) is 8.42 Å². The van der Waals surface area contributed by atoms with Gasteiger partial charge in [-0.1, -0.05) is 31.4 Å². The Bertz CT molecular complexity index is 860. The van der Waals surface area contributed by atoms with E-state index < -0.39 is 36.8 Å². The van der Waals surface area contributed by atoms with Crippen LogP contribution in [-0.4, -0.2) is 27.7 Å². The summed E-state index contributed by atoms with van der Waals surface area (Å²) in [7, 11) is -12.9. The summed E-state index contributed by atoms with van der Waals surface area (Å²) in [5, 5.41) is 0. The molecule has 0 aromatic heterocycles. The Hall–Kier alpha value is -1.47. The topological polar surface area (TPSA) is 89.5 Å². The van der Waals surface area contributed by atoms with Gasteiger partial charge in [-0.3, -0.25) is 0 Å². The van der Waals surface area contributed by atoms with Crippen LogP contribution < -0.4 is 8.91 Å². The molecule has 1 aromatic rings. The van der Waals surface area contributed by atoms with Gasteiger partial charge >= 0.3 is 31.0 Å². The Labute approximate surface area is 152 Å². The van der Waals surface area contributed by atoms with Crippen molar-refractivity contribution in [3.05, 3.63) is 29.8 Å². The monoisotopic (exact) mass is 437 g/mol. The molecule has 0 aliphatic heterocycles. The van der Waals surface area contributed by atoms with E-state index in [1.165, 1.54) is 12.1 Å². The molecule has 13 heteroatoms. The van der Waals surface area contributed by atoms with Crippen LogP contribution in [0, 0.1) is 0 Å². The molecular weight excluding hydrogens is 421 g/mol. The Morgan fingerprint density at radius 1 is 0.889 bits per heavy atom. The largest absolute Gasteiger partial charge is 0.495 e. The van der Waals surface area contributed by atoms with E-state index in [-0.39, 0.29) is 10.6 Å². The van der Waals surface area contributed by atoms with Crippen molar-refractivity contribution in [2.45, 2.75) is 48.9 Å². The van der Waals surface area contributed by atoms with Crippen molar-refractivity contribution < 1.29 is 43.0 Å². The van der Waals surface area contributed by atoms with E-state index in [0.717, 1.165) is 49.8 Å². The van der Waals surface area contributed by atoms with Gasteiger partial charge in [0.1, 0.15) is 5.75 Å². The highest BCUT2D eigenvalue weighted by Gasteiger charge is 2.62. The molecule has 0 unspecified atom stereocenters. The Kier molecular flexibility index (Phi) is 6.07. The summed E-state index contributed by atoms with van der Waals surface area (Å²) in [5.41, 5.74) is 0.831. The molecule has 1 fully saturated rings. The lowest BCUT2D eigenvalue weighted by atomic mass is 9.84. The molecule has 27 heavy (non-hydrogen) atoms. The standard InChI is InChI=1S/C14H16F5NO5S2/c15-13(16,17)20-26(21,22)14(18,19)27(23,24)25-12-8-6-11(7-9-12)10-4-2-1-3-5-10/h6-10,20H,1-5H2. The molecule has 1 aromatic carbocycles. The first-order valence-corrected chi connectivity index (χ1v) is 10.7. The average Bonchev–Trinajstić information content (AvgIpc) is 2.53. The first kappa shape index (κ1) is 21.8. The van der Waals surface area contributed by atoms with Crippen molar-refractivity contribution in [3.63, 3.8) is 0 Å².